The zero-order chi connectivity index (χ0) is 26.4. The Morgan fingerprint density at radius 2 is 2.27 bits per heavy atom. The number of aliphatic carboxylic acids is 1. The number of hydrogen-bond donors (Lipinski definition) is 4. The maximum Gasteiger partial charge on any atom is 0.313 e. The minimum absolute atomic E-state index is 0.0458. The number of H-pyrrole nitrogens is 1. The van der Waals surface area contributed by atoms with Gasteiger partial charge < -0.3 is 25.9 Å². The molecule has 2 saturated heterocycles. The van der Waals surface area contributed by atoms with Gasteiger partial charge in [0.15, 0.2) is 10.8 Å². The number of nitrogens with zero attached hydrogens (tertiary/aromatic N) is 5. The Morgan fingerprint density at radius 1 is 1.43 bits per heavy atom. The number of anilines is 1. The Kier molecular flexibility index (Phi) is 8.91. The van der Waals surface area contributed by atoms with Gasteiger partial charge in [-0.25, -0.2) is 4.98 Å². The molecule has 0 aliphatic carbocycles. The number of aromatic nitrogens is 4. The molecule has 200 valence electrons. The van der Waals surface area contributed by atoms with E-state index in [0.717, 1.165) is 25.7 Å². The van der Waals surface area contributed by atoms with Crippen molar-refractivity contribution >= 4 is 63.5 Å². The van der Waals surface area contributed by atoms with Crippen LogP contribution in [0.25, 0.3) is 0 Å². The fraction of sp³-hybridized carbons (Fsp3) is 0.571. The van der Waals surface area contributed by atoms with Gasteiger partial charge in [0.2, 0.25) is 5.91 Å². The lowest BCUT2D eigenvalue weighted by Crippen LogP contribution is -2.74. The number of rotatable bonds is 13. The number of hydrogen-bond acceptors (Lipinski definition) is 12. The van der Waals surface area contributed by atoms with Gasteiger partial charge in [0, 0.05) is 23.4 Å². The molecule has 5 N–H and O–H groups in total. The van der Waals surface area contributed by atoms with Crippen LogP contribution in [0.5, 0.6) is 0 Å². The summed E-state index contributed by atoms with van der Waals surface area (Å²) in [6.45, 7) is 2.51. The van der Waals surface area contributed by atoms with Crippen LogP contribution in [0.2, 0.25) is 0 Å². The van der Waals surface area contributed by atoms with E-state index in [1.165, 1.54) is 46.0 Å². The van der Waals surface area contributed by atoms with Crippen LogP contribution in [-0.4, -0.2) is 90.0 Å². The zero-order valence-corrected chi connectivity index (χ0v) is 22.5. The van der Waals surface area contributed by atoms with E-state index in [1.54, 1.807) is 5.38 Å². The summed E-state index contributed by atoms with van der Waals surface area (Å²) < 4.78 is 0. The van der Waals surface area contributed by atoms with Crippen LogP contribution in [0.4, 0.5) is 5.13 Å². The number of carbonyl (C=O) groups is 3. The minimum Gasteiger partial charge on any atom is -0.481 e. The SMILES string of the molecule is CCCCCCON=C(C(=O)NC1C(=O)N2CC(CSc3cnn[nH]3)(C(=O)O)CS[C@H]12)c1csc(N)n1. The molecule has 0 saturated carbocycles. The number of thiazole rings is 1. The molecular weight excluding hydrogens is 540 g/mol. The highest BCUT2D eigenvalue weighted by atomic mass is 32.2. The van der Waals surface area contributed by atoms with Crippen molar-refractivity contribution in [2.45, 2.75) is 49.0 Å². The highest BCUT2D eigenvalue weighted by molar-refractivity contribution is 8.00. The van der Waals surface area contributed by atoms with Crippen molar-refractivity contribution in [1.29, 1.82) is 0 Å². The lowest BCUT2D eigenvalue weighted by molar-refractivity contribution is -0.157. The van der Waals surface area contributed by atoms with E-state index in [2.05, 4.69) is 37.8 Å². The Morgan fingerprint density at radius 3 is 2.95 bits per heavy atom. The molecule has 13 nitrogen and oxygen atoms in total. The number of thioether (sulfide) groups is 2. The van der Waals surface area contributed by atoms with Gasteiger partial charge in [0.05, 0.1) is 6.20 Å². The van der Waals surface area contributed by atoms with Crippen molar-refractivity contribution < 1.29 is 24.3 Å². The molecule has 0 radical (unpaired) electrons. The fourth-order valence-corrected chi connectivity index (χ4v) is 7.09. The first-order chi connectivity index (χ1) is 17.8. The van der Waals surface area contributed by atoms with Crippen LogP contribution >= 0.6 is 34.9 Å². The van der Waals surface area contributed by atoms with Crippen LogP contribution in [0.1, 0.15) is 38.3 Å². The molecule has 3 atom stereocenters. The summed E-state index contributed by atoms with van der Waals surface area (Å²) in [6, 6.07) is -0.806. The van der Waals surface area contributed by atoms with E-state index in [-0.39, 0.29) is 45.9 Å². The van der Waals surface area contributed by atoms with Gasteiger partial charge in [0.1, 0.15) is 34.2 Å². The second kappa shape index (κ2) is 12.1. The number of fused-ring (bicyclic) bond motifs is 1. The molecular formula is C21H28N8O5S3. The molecule has 4 heterocycles. The molecule has 0 spiro atoms. The first-order valence-corrected chi connectivity index (χ1v) is 14.6. The summed E-state index contributed by atoms with van der Waals surface area (Å²) in [5.74, 6) is -1.41. The van der Waals surface area contributed by atoms with Gasteiger partial charge in [0.25, 0.3) is 5.91 Å². The standard InChI is InChI=1S/C21H28N8O5S3/c1-2-3-4-5-6-34-27-14(12-8-35-20(22)24-12)16(30)25-15-17(31)29-9-21(19(32)33,11-37-18(15)29)10-36-13-7-23-28-26-13/h7-8,15,18H,2-6,9-11H2,1H3,(H2,22,24)(H,25,30)(H,32,33)(H,23,26,28)/t15?,18-,21?/m1/s1. The Hall–Kier alpha value is -2.85. The number of β-lactam (4-membered cyclic amide) rings is 1. The van der Waals surface area contributed by atoms with E-state index in [1.807, 2.05) is 0 Å². The van der Waals surface area contributed by atoms with Gasteiger partial charge in [-0.3, -0.25) is 19.5 Å². The zero-order valence-electron chi connectivity index (χ0n) is 20.1. The van der Waals surface area contributed by atoms with Crippen molar-refractivity contribution in [3.8, 4) is 0 Å². The molecule has 16 heteroatoms. The molecule has 2 unspecified atom stereocenters. The van der Waals surface area contributed by atoms with E-state index < -0.39 is 23.3 Å². The largest absolute Gasteiger partial charge is 0.481 e. The van der Waals surface area contributed by atoms with Crippen LogP contribution in [0.3, 0.4) is 0 Å². The van der Waals surface area contributed by atoms with E-state index in [4.69, 9.17) is 10.6 Å². The van der Waals surface area contributed by atoms with E-state index in [9.17, 15) is 19.5 Å². The van der Waals surface area contributed by atoms with Crippen LogP contribution in [0.15, 0.2) is 21.8 Å². The molecule has 0 bridgehead atoms. The molecule has 2 aromatic rings. The molecule has 2 aliphatic rings. The predicted molar refractivity (Wildman–Crippen MR) is 140 cm³/mol. The summed E-state index contributed by atoms with van der Waals surface area (Å²) in [4.78, 5) is 49.3. The average Bonchev–Trinajstić information content (AvgIpc) is 3.57. The number of amides is 2. The second-order valence-corrected chi connectivity index (χ2v) is 11.7. The maximum atomic E-state index is 13.1. The van der Waals surface area contributed by atoms with Gasteiger partial charge >= 0.3 is 5.97 Å². The molecule has 37 heavy (non-hydrogen) atoms. The highest BCUT2D eigenvalue weighted by Crippen LogP contribution is 2.44. The summed E-state index contributed by atoms with van der Waals surface area (Å²) in [7, 11) is 0. The number of unbranched alkanes of at least 4 members (excludes halogenated alkanes) is 3. The van der Waals surface area contributed by atoms with Crippen molar-refractivity contribution in [3.63, 3.8) is 0 Å². The number of carbonyl (C=O) groups excluding carboxylic acids is 2. The topological polar surface area (TPSA) is 189 Å². The number of nitrogen functional groups attached to an aromatic ring is 1. The number of carboxylic acid groups (broad SMARTS) is 1. The number of nitrogens with one attached hydrogen (secondary N) is 2. The minimum atomic E-state index is -1.14. The third-order valence-corrected chi connectivity index (χ3v) is 9.47. The van der Waals surface area contributed by atoms with Crippen LogP contribution in [0, 0.1) is 5.41 Å². The van der Waals surface area contributed by atoms with Gasteiger partial charge in [-0.05, 0) is 12.8 Å². The predicted octanol–water partition coefficient (Wildman–Crippen LogP) is 1.41. The van der Waals surface area contributed by atoms with Gasteiger partial charge in [-0.2, -0.15) is 0 Å². The first kappa shape index (κ1) is 27.2. The number of carboxylic acids is 1. The first-order valence-electron chi connectivity index (χ1n) is 11.7. The van der Waals surface area contributed by atoms with Gasteiger partial charge in [-0.1, -0.05) is 30.1 Å². The monoisotopic (exact) mass is 568 g/mol. The molecule has 2 aromatic heterocycles. The molecule has 2 amide bonds. The Labute approximate surface area is 225 Å². The lowest BCUT2D eigenvalue weighted by atomic mass is 9.89. The van der Waals surface area contributed by atoms with Crippen molar-refractivity contribution in [2.24, 2.45) is 10.6 Å². The molecule has 2 aliphatic heterocycles. The number of oxime groups is 1. The molecule has 4 rings (SSSR count). The summed E-state index contributed by atoms with van der Waals surface area (Å²) in [5.41, 5.74) is 4.81. The maximum absolute atomic E-state index is 13.1. The van der Waals surface area contributed by atoms with E-state index in [0.29, 0.717) is 11.6 Å². The van der Waals surface area contributed by atoms with Gasteiger partial charge in [-0.15, -0.1) is 40.0 Å². The normalized spacial score (nSPS) is 23.3. The Bertz CT molecular complexity index is 1140. The number of aromatic amines is 1. The fourth-order valence-electron chi connectivity index (χ4n) is 3.89. The molecule has 2 fully saturated rings. The second-order valence-electron chi connectivity index (χ2n) is 8.72. The number of nitrogens with two attached hydrogens (primary N) is 1. The lowest BCUT2D eigenvalue weighted by Gasteiger charge is -2.53. The third-order valence-electron chi connectivity index (χ3n) is 6.01. The average molecular weight is 569 g/mol. The van der Waals surface area contributed by atoms with Crippen molar-refractivity contribution in [3.05, 3.63) is 17.3 Å². The summed E-state index contributed by atoms with van der Waals surface area (Å²) in [6.07, 6.45) is 5.50. The third kappa shape index (κ3) is 6.18. The van der Waals surface area contributed by atoms with Crippen LogP contribution < -0.4 is 11.1 Å². The summed E-state index contributed by atoms with van der Waals surface area (Å²) >= 11 is 3.79. The molecule has 0 aromatic carbocycles. The Balaban J connectivity index is 1.39. The summed E-state index contributed by atoms with van der Waals surface area (Å²) in [5, 5.41) is 28.9. The highest BCUT2D eigenvalue weighted by Gasteiger charge is 2.57. The van der Waals surface area contributed by atoms with Crippen molar-refractivity contribution in [2.75, 3.05) is 30.4 Å². The quantitative estimate of drug-likeness (QED) is 0.0899. The van der Waals surface area contributed by atoms with Crippen LogP contribution in [-0.2, 0) is 19.2 Å². The smallest absolute Gasteiger partial charge is 0.313 e. The van der Waals surface area contributed by atoms with Crippen molar-refractivity contribution in [1.82, 2.24) is 30.6 Å². The van der Waals surface area contributed by atoms with E-state index >= 15 is 0 Å².